The number of rotatable bonds is 4. The van der Waals surface area contributed by atoms with Gasteiger partial charge < -0.3 is 9.09 Å². The van der Waals surface area contributed by atoms with E-state index in [0.717, 1.165) is 22.7 Å². The van der Waals surface area contributed by atoms with E-state index in [2.05, 4.69) is 61.0 Å². The van der Waals surface area contributed by atoms with Gasteiger partial charge in [-0.1, -0.05) is 56.3 Å². The molecule has 130 valence electrons. The van der Waals surface area contributed by atoms with Crippen molar-refractivity contribution in [2.24, 2.45) is 5.41 Å². The number of aryl methyl sites for hydroxylation is 1. The maximum atomic E-state index is 5.25. The third-order valence-corrected chi connectivity index (χ3v) is 5.47. The van der Waals surface area contributed by atoms with Crippen molar-refractivity contribution in [2.75, 3.05) is 0 Å². The first-order valence-electron chi connectivity index (χ1n) is 8.94. The van der Waals surface area contributed by atoms with Crippen LogP contribution < -0.4 is 0 Å². The van der Waals surface area contributed by atoms with Crippen LogP contribution in [-0.4, -0.2) is 14.7 Å². The van der Waals surface area contributed by atoms with Crippen molar-refractivity contribution in [2.45, 2.75) is 52.5 Å². The van der Waals surface area contributed by atoms with Crippen LogP contribution in [-0.2, 0) is 12.0 Å². The second-order valence-corrected chi connectivity index (χ2v) is 8.20. The summed E-state index contributed by atoms with van der Waals surface area (Å²) >= 11 is 0. The first kappa shape index (κ1) is 16.1. The van der Waals surface area contributed by atoms with Crippen LogP contribution in [0.5, 0.6) is 0 Å². The van der Waals surface area contributed by atoms with Crippen LogP contribution in [0, 0.1) is 12.3 Å². The zero-order chi connectivity index (χ0) is 17.7. The molecule has 4 rings (SSSR count). The van der Waals surface area contributed by atoms with E-state index in [1.807, 2.05) is 19.1 Å². The zero-order valence-electron chi connectivity index (χ0n) is 15.4. The lowest BCUT2D eigenvalue weighted by Crippen LogP contribution is -2.29. The van der Waals surface area contributed by atoms with Gasteiger partial charge in [-0.15, -0.1) is 0 Å². The van der Waals surface area contributed by atoms with E-state index < -0.39 is 0 Å². The molecule has 0 N–H and O–H groups in total. The molecular weight excluding hydrogens is 310 g/mol. The Morgan fingerprint density at radius 2 is 1.88 bits per heavy atom. The van der Waals surface area contributed by atoms with Crippen LogP contribution in [0.3, 0.4) is 0 Å². The van der Waals surface area contributed by atoms with Gasteiger partial charge in [-0.2, -0.15) is 0 Å². The summed E-state index contributed by atoms with van der Waals surface area (Å²) in [6.07, 6.45) is 4.56. The van der Waals surface area contributed by atoms with Crippen molar-refractivity contribution in [3.63, 3.8) is 0 Å². The Morgan fingerprint density at radius 3 is 2.44 bits per heavy atom. The molecular formula is C21H25N3O. The molecule has 2 aromatic heterocycles. The molecule has 4 nitrogen and oxygen atoms in total. The van der Waals surface area contributed by atoms with Gasteiger partial charge in [0, 0.05) is 23.2 Å². The SMILES string of the molecule is Cc1cc(Cn2cc(-c3ccccc3)nc2C2(C(C)(C)C)CC2)no1. The van der Waals surface area contributed by atoms with Crippen LogP contribution in [0.1, 0.15) is 50.9 Å². The number of hydrogen-bond acceptors (Lipinski definition) is 3. The minimum atomic E-state index is 0.152. The van der Waals surface area contributed by atoms with E-state index >= 15 is 0 Å². The van der Waals surface area contributed by atoms with Crippen molar-refractivity contribution >= 4 is 0 Å². The highest BCUT2D eigenvalue weighted by atomic mass is 16.5. The summed E-state index contributed by atoms with van der Waals surface area (Å²) in [7, 11) is 0. The van der Waals surface area contributed by atoms with Gasteiger partial charge in [0.1, 0.15) is 17.3 Å². The zero-order valence-corrected chi connectivity index (χ0v) is 15.4. The van der Waals surface area contributed by atoms with Crippen molar-refractivity contribution in [3.05, 3.63) is 59.9 Å². The van der Waals surface area contributed by atoms with Gasteiger partial charge in [0.05, 0.1) is 12.2 Å². The Labute approximate surface area is 148 Å². The van der Waals surface area contributed by atoms with E-state index in [4.69, 9.17) is 9.51 Å². The summed E-state index contributed by atoms with van der Waals surface area (Å²) in [4.78, 5) is 5.09. The van der Waals surface area contributed by atoms with Gasteiger partial charge in [-0.25, -0.2) is 4.98 Å². The van der Waals surface area contributed by atoms with E-state index in [0.29, 0.717) is 6.54 Å². The fraction of sp³-hybridized carbons (Fsp3) is 0.429. The van der Waals surface area contributed by atoms with Gasteiger partial charge in [-0.3, -0.25) is 0 Å². The summed E-state index contributed by atoms with van der Waals surface area (Å²) in [5.74, 6) is 2.02. The van der Waals surface area contributed by atoms with Crippen molar-refractivity contribution < 1.29 is 4.52 Å². The van der Waals surface area contributed by atoms with E-state index in [9.17, 15) is 0 Å². The Bertz CT molecular complexity index is 880. The first-order valence-corrected chi connectivity index (χ1v) is 8.94. The molecule has 0 bridgehead atoms. The lowest BCUT2D eigenvalue weighted by atomic mass is 9.77. The topological polar surface area (TPSA) is 43.9 Å². The second-order valence-electron chi connectivity index (χ2n) is 8.20. The quantitative estimate of drug-likeness (QED) is 0.676. The number of aromatic nitrogens is 3. The molecule has 1 aliphatic rings. The molecule has 4 heteroatoms. The summed E-state index contributed by atoms with van der Waals surface area (Å²) in [5.41, 5.74) is 3.47. The Kier molecular flexibility index (Phi) is 3.60. The molecule has 1 aliphatic carbocycles. The fourth-order valence-corrected chi connectivity index (χ4v) is 3.77. The average molecular weight is 335 g/mol. The second kappa shape index (κ2) is 5.58. The molecule has 0 amide bonds. The minimum absolute atomic E-state index is 0.152. The Morgan fingerprint density at radius 1 is 1.16 bits per heavy atom. The number of benzene rings is 1. The minimum Gasteiger partial charge on any atom is -0.361 e. The fourth-order valence-electron chi connectivity index (χ4n) is 3.77. The van der Waals surface area contributed by atoms with Crippen LogP contribution in [0.4, 0.5) is 0 Å². The maximum absolute atomic E-state index is 5.25. The predicted octanol–water partition coefficient (Wildman–Crippen LogP) is 4.97. The highest BCUT2D eigenvalue weighted by Gasteiger charge is 2.56. The van der Waals surface area contributed by atoms with E-state index in [-0.39, 0.29) is 10.8 Å². The van der Waals surface area contributed by atoms with Crippen molar-refractivity contribution in [1.82, 2.24) is 14.7 Å². The molecule has 2 heterocycles. The monoisotopic (exact) mass is 335 g/mol. The van der Waals surface area contributed by atoms with Gasteiger partial charge >= 0.3 is 0 Å². The van der Waals surface area contributed by atoms with Crippen LogP contribution in [0.25, 0.3) is 11.3 Å². The Balaban J connectivity index is 1.79. The van der Waals surface area contributed by atoms with E-state index in [1.54, 1.807) is 0 Å². The van der Waals surface area contributed by atoms with Gasteiger partial charge in [-0.05, 0) is 25.2 Å². The summed E-state index contributed by atoms with van der Waals surface area (Å²) in [6.45, 7) is 9.59. The predicted molar refractivity (Wildman–Crippen MR) is 98.4 cm³/mol. The molecule has 25 heavy (non-hydrogen) atoms. The summed E-state index contributed by atoms with van der Waals surface area (Å²) in [6, 6.07) is 12.4. The molecule has 0 radical (unpaired) electrons. The van der Waals surface area contributed by atoms with Crippen LogP contribution >= 0.6 is 0 Å². The normalized spacial score (nSPS) is 16.2. The average Bonchev–Trinajstić information content (AvgIpc) is 3.15. The molecule has 3 aromatic rings. The summed E-state index contributed by atoms with van der Waals surface area (Å²) in [5, 5.41) is 4.18. The molecule has 1 fully saturated rings. The molecule has 1 aromatic carbocycles. The molecule has 0 unspecified atom stereocenters. The summed E-state index contributed by atoms with van der Waals surface area (Å²) < 4.78 is 7.53. The smallest absolute Gasteiger partial charge is 0.133 e. The lowest BCUT2D eigenvalue weighted by Gasteiger charge is -2.30. The molecule has 1 saturated carbocycles. The molecule has 0 atom stereocenters. The third-order valence-electron chi connectivity index (χ3n) is 5.47. The highest BCUT2D eigenvalue weighted by Crippen LogP contribution is 2.59. The number of nitrogens with zero attached hydrogens (tertiary/aromatic N) is 3. The standard InChI is InChI=1S/C21H25N3O/c1-15-12-17(23-25-15)13-24-14-18(16-8-6-5-7-9-16)22-19(24)21(10-11-21)20(2,3)4/h5-9,12,14H,10-11,13H2,1-4H3. The lowest BCUT2D eigenvalue weighted by molar-refractivity contribution is 0.280. The number of hydrogen-bond donors (Lipinski definition) is 0. The van der Waals surface area contributed by atoms with Gasteiger partial charge in [0.2, 0.25) is 0 Å². The molecule has 0 saturated heterocycles. The third kappa shape index (κ3) is 2.80. The largest absolute Gasteiger partial charge is 0.361 e. The van der Waals surface area contributed by atoms with Crippen LogP contribution in [0.15, 0.2) is 47.1 Å². The molecule has 0 spiro atoms. The number of imidazole rings is 1. The van der Waals surface area contributed by atoms with Crippen molar-refractivity contribution in [3.8, 4) is 11.3 Å². The maximum Gasteiger partial charge on any atom is 0.133 e. The molecule has 0 aliphatic heterocycles. The van der Waals surface area contributed by atoms with Crippen molar-refractivity contribution in [1.29, 1.82) is 0 Å². The van der Waals surface area contributed by atoms with Crippen LogP contribution in [0.2, 0.25) is 0 Å². The van der Waals surface area contributed by atoms with Gasteiger partial charge in [0.15, 0.2) is 0 Å². The van der Waals surface area contributed by atoms with Gasteiger partial charge in [0.25, 0.3) is 0 Å². The first-order chi connectivity index (χ1) is 11.9. The highest BCUT2D eigenvalue weighted by molar-refractivity contribution is 5.59. The van der Waals surface area contributed by atoms with E-state index in [1.165, 1.54) is 18.7 Å². The Hall–Kier alpha value is -2.36.